The number of hydrogen-bond acceptors (Lipinski definition) is 2. The maximum Gasteiger partial charge on any atom is 0.126 e. The molecular weight excluding hydrogens is 234 g/mol. The number of nitrogens with zero attached hydrogens (tertiary/aromatic N) is 1. The lowest BCUT2D eigenvalue weighted by molar-refractivity contribution is 0.152. The molecule has 3 rings (SSSR count). The summed E-state index contributed by atoms with van der Waals surface area (Å²) in [6.07, 6.45) is 10.1. The highest BCUT2D eigenvalue weighted by Gasteiger charge is 2.37. The highest BCUT2D eigenvalue weighted by molar-refractivity contribution is 5.57. The highest BCUT2D eigenvalue weighted by Crippen LogP contribution is 2.38. The van der Waals surface area contributed by atoms with Gasteiger partial charge < -0.3 is 9.64 Å². The largest absolute Gasteiger partial charge is 0.496 e. The van der Waals surface area contributed by atoms with Crippen LogP contribution in [-0.4, -0.2) is 31.1 Å². The van der Waals surface area contributed by atoms with Crippen molar-refractivity contribution in [3.8, 4) is 5.75 Å². The Morgan fingerprint density at radius 1 is 1.16 bits per heavy atom. The van der Waals surface area contributed by atoms with E-state index in [4.69, 9.17) is 4.74 Å². The fraction of sp³-hybridized carbons (Fsp3) is 0.529. The topological polar surface area (TPSA) is 12.5 Å². The van der Waals surface area contributed by atoms with E-state index in [9.17, 15) is 0 Å². The zero-order valence-electron chi connectivity index (χ0n) is 11.9. The van der Waals surface area contributed by atoms with E-state index in [1.807, 2.05) is 12.1 Å². The molecule has 2 aliphatic heterocycles. The molecule has 2 unspecified atom stereocenters. The van der Waals surface area contributed by atoms with Gasteiger partial charge in [-0.2, -0.15) is 0 Å². The van der Waals surface area contributed by atoms with Gasteiger partial charge in [-0.15, -0.1) is 0 Å². The summed E-state index contributed by atoms with van der Waals surface area (Å²) in [7, 11) is 4.03. The zero-order valence-corrected chi connectivity index (χ0v) is 11.9. The molecule has 0 spiro atoms. The minimum absolute atomic E-state index is 0.735. The fourth-order valence-electron chi connectivity index (χ4n) is 3.65. The van der Waals surface area contributed by atoms with Gasteiger partial charge in [0.1, 0.15) is 5.75 Å². The van der Waals surface area contributed by atoms with Crippen LogP contribution in [0.25, 0.3) is 6.08 Å². The minimum Gasteiger partial charge on any atom is -0.496 e. The van der Waals surface area contributed by atoms with E-state index in [-0.39, 0.29) is 0 Å². The second-order valence-electron chi connectivity index (χ2n) is 5.88. The van der Waals surface area contributed by atoms with Crippen LogP contribution >= 0.6 is 0 Å². The molecule has 1 aromatic carbocycles. The first-order chi connectivity index (χ1) is 9.28. The third-order valence-corrected chi connectivity index (χ3v) is 4.82. The van der Waals surface area contributed by atoms with Crippen molar-refractivity contribution in [3.05, 3.63) is 35.9 Å². The van der Waals surface area contributed by atoms with Crippen molar-refractivity contribution < 1.29 is 4.74 Å². The second kappa shape index (κ2) is 5.38. The zero-order chi connectivity index (χ0) is 13.2. The van der Waals surface area contributed by atoms with Gasteiger partial charge in [-0.1, -0.05) is 30.4 Å². The van der Waals surface area contributed by atoms with Gasteiger partial charge in [0.15, 0.2) is 0 Å². The number of piperidine rings is 1. The average molecular weight is 257 g/mol. The first kappa shape index (κ1) is 12.7. The normalized spacial score (nSPS) is 30.9. The number of allylic oxidation sites excluding steroid dienone is 1. The number of fused-ring (bicyclic) bond motifs is 2. The average Bonchev–Trinajstić information content (AvgIpc) is 2.67. The van der Waals surface area contributed by atoms with Gasteiger partial charge in [-0.3, -0.25) is 0 Å². The molecule has 2 atom stereocenters. The Hall–Kier alpha value is -1.28. The van der Waals surface area contributed by atoms with Crippen molar-refractivity contribution >= 4 is 6.08 Å². The maximum absolute atomic E-state index is 5.40. The SMILES string of the molecule is COc1ccccc1C=CC1CC2CCC(C1)N2C. The Morgan fingerprint density at radius 2 is 1.84 bits per heavy atom. The third-order valence-electron chi connectivity index (χ3n) is 4.82. The van der Waals surface area contributed by atoms with Crippen LogP contribution in [-0.2, 0) is 0 Å². The standard InChI is InChI=1S/C17H23NO/c1-18-15-9-10-16(18)12-13(11-15)7-8-14-5-3-4-6-17(14)19-2/h3-8,13,15-16H,9-12H2,1-2H3. The van der Waals surface area contributed by atoms with Crippen LogP contribution in [0.2, 0.25) is 0 Å². The predicted octanol–water partition coefficient (Wildman–Crippen LogP) is 3.58. The van der Waals surface area contributed by atoms with Gasteiger partial charge in [0, 0.05) is 17.6 Å². The van der Waals surface area contributed by atoms with Crippen molar-refractivity contribution in [2.75, 3.05) is 14.2 Å². The van der Waals surface area contributed by atoms with Gasteiger partial charge >= 0.3 is 0 Å². The smallest absolute Gasteiger partial charge is 0.126 e. The van der Waals surface area contributed by atoms with E-state index in [1.165, 1.54) is 31.2 Å². The molecule has 1 aromatic rings. The summed E-state index contributed by atoms with van der Waals surface area (Å²) < 4.78 is 5.40. The van der Waals surface area contributed by atoms with E-state index in [1.54, 1.807) is 7.11 Å². The third kappa shape index (κ3) is 2.55. The van der Waals surface area contributed by atoms with Crippen LogP contribution in [0.1, 0.15) is 31.2 Å². The molecule has 0 saturated carbocycles. The molecule has 0 aliphatic carbocycles. The molecule has 0 N–H and O–H groups in total. The van der Waals surface area contributed by atoms with Crippen molar-refractivity contribution in [2.24, 2.45) is 5.92 Å². The van der Waals surface area contributed by atoms with E-state index >= 15 is 0 Å². The molecule has 0 radical (unpaired) electrons. The van der Waals surface area contributed by atoms with Gasteiger partial charge in [-0.05, 0) is 44.7 Å². The van der Waals surface area contributed by atoms with E-state index < -0.39 is 0 Å². The van der Waals surface area contributed by atoms with Gasteiger partial charge in [-0.25, -0.2) is 0 Å². The van der Waals surface area contributed by atoms with Crippen LogP contribution < -0.4 is 4.74 Å². The second-order valence-corrected chi connectivity index (χ2v) is 5.88. The summed E-state index contributed by atoms with van der Waals surface area (Å²) in [5, 5.41) is 0. The number of rotatable bonds is 3. The number of benzene rings is 1. The molecule has 2 saturated heterocycles. The lowest BCUT2D eigenvalue weighted by atomic mass is 9.90. The molecular formula is C17H23NO. The highest BCUT2D eigenvalue weighted by atomic mass is 16.5. The molecule has 0 aromatic heterocycles. The molecule has 2 fully saturated rings. The summed E-state index contributed by atoms with van der Waals surface area (Å²) in [5.74, 6) is 1.70. The van der Waals surface area contributed by atoms with E-state index in [0.29, 0.717) is 0 Å². The minimum atomic E-state index is 0.735. The van der Waals surface area contributed by atoms with Crippen molar-refractivity contribution in [2.45, 2.75) is 37.8 Å². The molecule has 102 valence electrons. The maximum atomic E-state index is 5.40. The molecule has 0 amide bonds. The lowest BCUT2D eigenvalue weighted by Gasteiger charge is -2.35. The van der Waals surface area contributed by atoms with Gasteiger partial charge in [0.05, 0.1) is 7.11 Å². The summed E-state index contributed by atoms with van der Waals surface area (Å²) >= 11 is 0. The lowest BCUT2D eigenvalue weighted by Crippen LogP contribution is -2.39. The van der Waals surface area contributed by atoms with E-state index in [2.05, 4.69) is 36.2 Å². The summed E-state index contributed by atoms with van der Waals surface area (Å²) in [4.78, 5) is 2.59. The fourth-order valence-corrected chi connectivity index (χ4v) is 3.65. The molecule has 2 aliphatic rings. The van der Waals surface area contributed by atoms with Crippen LogP contribution in [0.4, 0.5) is 0 Å². The number of methoxy groups -OCH3 is 1. The van der Waals surface area contributed by atoms with Crippen LogP contribution in [0, 0.1) is 5.92 Å². The molecule has 19 heavy (non-hydrogen) atoms. The summed E-state index contributed by atoms with van der Waals surface area (Å²) in [5.41, 5.74) is 1.19. The predicted molar refractivity (Wildman–Crippen MR) is 79.3 cm³/mol. The first-order valence-corrected chi connectivity index (χ1v) is 7.31. The van der Waals surface area contributed by atoms with Crippen LogP contribution in [0.3, 0.4) is 0 Å². The van der Waals surface area contributed by atoms with Gasteiger partial charge in [0.25, 0.3) is 0 Å². The number of para-hydroxylation sites is 1. The van der Waals surface area contributed by atoms with Crippen LogP contribution in [0.15, 0.2) is 30.3 Å². The Morgan fingerprint density at radius 3 is 2.53 bits per heavy atom. The van der Waals surface area contributed by atoms with Crippen molar-refractivity contribution in [1.29, 1.82) is 0 Å². The molecule has 2 heterocycles. The summed E-state index contributed by atoms with van der Waals surface area (Å²) in [6, 6.07) is 9.86. The molecule has 2 bridgehead atoms. The van der Waals surface area contributed by atoms with Gasteiger partial charge in [0.2, 0.25) is 0 Å². The number of hydrogen-bond donors (Lipinski definition) is 0. The molecule has 2 heteroatoms. The summed E-state index contributed by atoms with van der Waals surface area (Å²) in [6.45, 7) is 0. The quantitative estimate of drug-likeness (QED) is 0.820. The van der Waals surface area contributed by atoms with Crippen molar-refractivity contribution in [3.63, 3.8) is 0 Å². The Bertz CT molecular complexity index is 454. The molecule has 2 nitrogen and oxygen atoms in total. The van der Waals surface area contributed by atoms with E-state index in [0.717, 1.165) is 23.8 Å². The Balaban J connectivity index is 1.70. The van der Waals surface area contributed by atoms with Crippen LogP contribution in [0.5, 0.6) is 5.75 Å². The first-order valence-electron chi connectivity index (χ1n) is 7.31. The monoisotopic (exact) mass is 257 g/mol. The van der Waals surface area contributed by atoms with Crippen molar-refractivity contribution in [1.82, 2.24) is 4.90 Å². The Kier molecular flexibility index (Phi) is 3.61. The number of ether oxygens (including phenoxy) is 1. The Labute approximate surface area is 116 Å².